The van der Waals surface area contributed by atoms with E-state index in [2.05, 4.69) is 15.3 Å². The van der Waals surface area contributed by atoms with Crippen molar-refractivity contribution in [2.24, 2.45) is 0 Å². The third kappa shape index (κ3) is 2.56. The quantitative estimate of drug-likeness (QED) is 0.767. The molecule has 0 atom stereocenters. The summed E-state index contributed by atoms with van der Waals surface area (Å²) in [6, 6.07) is 1.84. The minimum absolute atomic E-state index is 0.0718. The van der Waals surface area contributed by atoms with Gasteiger partial charge in [0.15, 0.2) is 0 Å². The van der Waals surface area contributed by atoms with Gasteiger partial charge in [-0.2, -0.15) is 0 Å². The summed E-state index contributed by atoms with van der Waals surface area (Å²) in [6.45, 7) is 3.98. The van der Waals surface area contributed by atoms with E-state index in [1.165, 1.54) is 6.33 Å². The van der Waals surface area contributed by atoms with Gasteiger partial charge in [0.25, 0.3) is 0 Å². The van der Waals surface area contributed by atoms with Crippen molar-refractivity contribution in [2.45, 2.75) is 19.4 Å². The second kappa shape index (κ2) is 4.44. The van der Waals surface area contributed by atoms with Gasteiger partial charge in [-0.15, -0.1) is 0 Å². The van der Waals surface area contributed by atoms with Crippen molar-refractivity contribution in [1.82, 2.24) is 9.97 Å². The lowest BCUT2D eigenvalue weighted by Gasteiger charge is -2.34. The molecule has 5 heteroatoms. The highest BCUT2D eigenvalue weighted by Gasteiger charge is 2.23. The lowest BCUT2D eigenvalue weighted by atomic mass is 10.1. The van der Waals surface area contributed by atoms with Gasteiger partial charge in [-0.3, -0.25) is 0 Å². The van der Waals surface area contributed by atoms with Gasteiger partial charge in [0.05, 0.1) is 12.1 Å². The molecule has 15 heavy (non-hydrogen) atoms. The highest BCUT2D eigenvalue weighted by atomic mass is 16.3. The average Bonchev–Trinajstić information content (AvgIpc) is 2.28. The van der Waals surface area contributed by atoms with E-state index in [1.54, 1.807) is 0 Å². The maximum Gasteiger partial charge on any atom is 0.134 e. The Balaban J connectivity index is 2.95. The Labute approximate surface area is 90.2 Å². The molecule has 0 unspecified atom stereocenters. The molecule has 1 heterocycles. The zero-order chi connectivity index (χ0) is 11.5. The number of hydrogen-bond donors (Lipinski definition) is 2. The molecule has 2 N–H and O–H groups in total. The van der Waals surface area contributed by atoms with Crippen molar-refractivity contribution in [1.29, 1.82) is 0 Å². The van der Waals surface area contributed by atoms with Crippen molar-refractivity contribution >= 4 is 11.6 Å². The second-order valence-electron chi connectivity index (χ2n) is 4.04. The van der Waals surface area contributed by atoms with Crippen molar-refractivity contribution in [3.05, 3.63) is 12.4 Å². The van der Waals surface area contributed by atoms with Crippen molar-refractivity contribution in [3.63, 3.8) is 0 Å². The van der Waals surface area contributed by atoms with Crippen LogP contribution in [-0.4, -0.2) is 41.3 Å². The summed E-state index contributed by atoms with van der Waals surface area (Å²) < 4.78 is 0. The molecule has 0 bridgehead atoms. The smallest absolute Gasteiger partial charge is 0.134 e. The van der Waals surface area contributed by atoms with Crippen LogP contribution in [0.25, 0.3) is 0 Å². The van der Waals surface area contributed by atoms with Crippen LogP contribution in [-0.2, 0) is 0 Å². The lowest BCUT2D eigenvalue weighted by Crippen LogP contribution is -2.44. The minimum Gasteiger partial charge on any atom is -0.394 e. The van der Waals surface area contributed by atoms with E-state index in [9.17, 15) is 5.11 Å². The van der Waals surface area contributed by atoms with Crippen LogP contribution in [0.15, 0.2) is 12.4 Å². The molecule has 5 nitrogen and oxygen atoms in total. The second-order valence-corrected chi connectivity index (χ2v) is 4.04. The van der Waals surface area contributed by atoms with Crippen LogP contribution in [0, 0.1) is 0 Å². The van der Waals surface area contributed by atoms with Crippen molar-refractivity contribution < 1.29 is 5.11 Å². The Kier molecular flexibility index (Phi) is 3.47. The fraction of sp³-hybridized carbons (Fsp3) is 0.600. The monoisotopic (exact) mass is 210 g/mol. The molecule has 0 aliphatic carbocycles. The summed E-state index contributed by atoms with van der Waals surface area (Å²) in [4.78, 5) is 10.1. The van der Waals surface area contributed by atoms with E-state index < -0.39 is 0 Å². The van der Waals surface area contributed by atoms with E-state index >= 15 is 0 Å². The van der Waals surface area contributed by atoms with Crippen LogP contribution >= 0.6 is 0 Å². The molecule has 0 aliphatic heterocycles. The molecule has 84 valence electrons. The normalized spacial score (nSPS) is 11.3. The molecule has 0 fully saturated rings. The number of nitrogens with one attached hydrogen (secondary N) is 1. The van der Waals surface area contributed by atoms with Gasteiger partial charge in [0.1, 0.15) is 18.0 Å². The number of likely N-dealkylation sites (N-methyl/N-ethyl adjacent to an activating group) is 1. The molecule has 0 aromatic carbocycles. The topological polar surface area (TPSA) is 61.3 Å². The van der Waals surface area contributed by atoms with Crippen LogP contribution < -0.4 is 10.2 Å². The Bertz CT molecular complexity index is 327. The van der Waals surface area contributed by atoms with Gasteiger partial charge < -0.3 is 15.3 Å². The standard InChI is InChI=1S/C10H18N4O/c1-10(2,6-15)14(4)9-5-8(11-3)12-7-13-9/h5,7,15H,6H2,1-4H3,(H,11,12,13). The molecule has 1 aromatic rings. The molecule has 0 radical (unpaired) electrons. The Morgan fingerprint density at radius 2 is 2.13 bits per heavy atom. The summed E-state index contributed by atoms with van der Waals surface area (Å²) in [5.41, 5.74) is -0.334. The van der Waals surface area contributed by atoms with Crippen LogP contribution in [0.3, 0.4) is 0 Å². The third-order valence-corrected chi connectivity index (χ3v) is 2.55. The van der Waals surface area contributed by atoms with Gasteiger partial charge in [0, 0.05) is 20.2 Å². The summed E-state index contributed by atoms with van der Waals surface area (Å²) in [6.07, 6.45) is 1.51. The van der Waals surface area contributed by atoms with Crippen LogP contribution in [0.5, 0.6) is 0 Å². The number of aromatic nitrogens is 2. The molecule has 0 saturated carbocycles. The Morgan fingerprint density at radius 3 is 2.67 bits per heavy atom. The molecule has 0 amide bonds. The molecular weight excluding hydrogens is 192 g/mol. The minimum atomic E-state index is -0.334. The van der Waals surface area contributed by atoms with Gasteiger partial charge in [-0.25, -0.2) is 9.97 Å². The fourth-order valence-electron chi connectivity index (χ4n) is 1.08. The first kappa shape index (κ1) is 11.7. The maximum atomic E-state index is 9.25. The van der Waals surface area contributed by atoms with E-state index in [-0.39, 0.29) is 12.1 Å². The lowest BCUT2D eigenvalue weighted by molar-refractivity contribution is 0.215. The highest BCUT2D eigenvalue weighted by molar-refractivity contribution is 5.49. The molecule has 0 spiro atoms. The number of anilines is 2. The van der Waals surface area contributed by atoms with Gasteiger partial charge >= 0.3 is 0 Å². The van der Waals surface area contributed by atoms with Gasteiger partial charge in [0.2, 0.25) is 0 Å². The predicted octanol–water partition coefficient (Wildman–Crippen LogP) is 0.725. The van der Waals surface area contributed by atoms with E-state index in [0.717, 1.165) is 11.6 Å². The number of aliphatic hydroxyl groups is 1. The third-order valence-electron chi connectivity index (χ3n) is 2.55. The molecular formula is C10H18N4O. The first-order valence-electron chi connectivity index (χ1n) is 4.86. The number of nitrogens with zero attached hydrogens (tertiary/aromatic N) is 3. The molecule has 1 rings (SSSR count). The number of hydrogen-bond acceptors (Lipinski definition) is 5. The van der Waals surface area contributed by atoms with Crippen molar-refractivity contribution in [2.75, 3.05) is 30.9 Å². The van der Waals surface area contributed by atoms with Crippen LogP contribution in [0.4, 0.5) is 11.6 Å². The van der Waals surface area contributed by atoms with Crippen LogP contribution in [0.1, 0.15) is 13.8 Å². The van der Waals surface area contributed by atoms with E-state index in [1.807, 2.05) is 38.9 Å². The van der Waals surface area contributed by atoms with Gasteiger partial charge in [-0.05, 0) is 13.8 Å². The highest BCUT2D eigenvalue weighted by Crippen LogP contribution is 2.20. The SMILES string of the molecule is CNc1cc(N(C)C(C)(C)CO)ncn1. The fourth-order valence-corrected chi connectivity index (χ4v) is 1.08. The molecule has 1 aromatic heterocycles. The van der Waals surface area contributed by atoms with Crippen molar-refractivity contribution in [3.8, 4) is 0 Å². The zero-order valence-electron chi connectivity index (χ0n) is 9.65. The summed E-state index contributed by atoms with van der Waals surface area (Å²) in [5, 5.41) is 12.2. The van der Waals surface area contributed by atoms with Crippen LogP contribution in [0.2, 0.25) is 0 Å². The predicted molar refractivity (Wildman–Crippen MR) is 61.1 cm³/mol. The van der Waals surface area contributed by atoms with E-state index in [0.29, 0.717) is 0 Å². The molecule has 0 aliphatic rings. The molecule has 0 saturated heterocycles. The number of aliphatic hydroxyl groups excluding tert-OH is 1. The summed E-state index contributed by atoms with van der Waals surface area (Å²) in [7, 11) is 3.71. The first-order valence-corrected chi connectivity index (χ1v) is 4.86. The number of rotatable bonds is 4. The zero-order valence-corrected chi connectivity index (χ0v) is 9.65. The largest absolute Gasteiger partial charge is 0.394 e. The first-order chi connectivity index (χ1) is 7.01. The average molecular weight is 210 g/mol. The van der Waals surface area contributed by atoms with Gasteiger partial charge in [-0.1, -0.05) is 0 Å². The summed E-state index contributed by atoms with van der Waals surface area (Å²) >= 11 is 0. The summed E-state index contributed by atoms with van der Waals surface area (Å²) in [5.74, 6) is 1.55. The Hall–Kier alpha value is -1.36. The maximum absolute atomic E-state index is 9.25. The van der Waals surface area contributed by atoms with E-state index in [4.69, 9.17) is 0 Å². The Morgan fingerprint density at radius 1 is 1.47 bits per heavy atom.